The summed E-state index contributed by atoms with van der Waals surface area (Å²) in [6.45, 7) is 18.1. The molecule has 0 aliphatic heterocycles. The second-order valence-corrected chi connectivity index (χ2v) is 5.36. The largest absolute Gasteiger partial charge is 4.00 e. The van der Waals surface area contributed by atoms with E-state index in [1.807, 2.05) is 41.5 Å². The Morgan fingerprint density at radius 3 is 1.00 bits per heavy atom. The second kappa shape index (κ2) is 31.0. The predicted molar refractivity (Wildman–Crippen MR) is 104 cm³/mol. The molecule has 0 fully saturated rings. The Balaban J connectivity index is -0.000000113. The molecule has 0 N–H and O–H groups in total. The minimum atomic E-state index is -3.48. The normalized spacial score (nSPS) is 8.71. The Hall–Kier alpha value is 0.177. The summed E-state index contributed by atoms with van der Waals surface area (Å²) in [6, 6.07) is 6.21. The van der Waals surface area contributed by atoms with Crippen LogP contribution in [0.4, 0.5) is 8.22 Å². The Kier molecular flexibility index (Phi) is 41.2. The molecule has 0 aliphatic carbocycles. The van der Waals surface area contributed by atoms with Gasteiger partial charge >= 0.3 is 35.3 Å². The Bertz CT molecular complexity index is 257. The van der Waals surface area contributed by atoms with E-state index in [0.717, 1.165) is 39.3 Å². The average molecular weight is 526 g/mol. The van der Waals surface area contributed by atoms with Crippen LogP contribution in [0.1, 0.15) is 41.5 Å². The van der Waals surface area contributed by atoms with Crippen LogP contribution in [0.25, 0.3) is 16.0 Å². The first kappa shape index (κ1) is 31.9. The van der Waals surface area contributed by atoms with Gasteiger partial charge in [-0.3, -0.25) is 8.22 Å². The van der Waals surface area contributed by atoms with E-state index >= 15 is 0 Å². The fourth-order valence-corrected chi connectivity index (χ4v) is 1.72. The molecule has 24 heavy (non-hydrogen) atoms. The molecule has 0 amide bonds. The first-order chi connectivity index (χ1) is 11.0. The maximum Gasteiger partial charge on any atom is 4.00 e. The summed E-state index contributed by atoms with van der Waals surface area (Å²) in [6.07, 6.45) is 0. The van der Waals surface area contributed by atoms with E-state index in [4.69, 9.17) is 0 Å². The molecule has 0 radical (unpaired) electrons. The van der Waals surface area contributed by atoms with Gasteiger partial charge in [0.25, 0.3) is 0 Å². The molecule has 0 aromatic heterocycles. The van der Waals surface area contributed by atoms with Crippen LogP contribution < -0.4 is 5.19 Å². The topological polar surface area (TPSA) is 42.3 Å². The summed E-state index contributed by atoms with van der Waals surface area (Å²) >= 11 is 0. The summed E-state index contributed by atoms with van der Waals surface area (Å²) in [5.74, 6) is 0. The van der Waals surface area contributed by atoms with Crippen molar-refractivity contribution in [2.45, 2.75) is 41.5 Å². The number of halogens is 2. The number of hydrogen-bond donors (Lipinski definition) is 0. The molecule has 1 aromatic carbocycles. The summed E-state index contributed by atoms with van der Waals surface area (Å²) < 4.78 is 23.5. The zero-order valence-electron chi connectivity index (χ0n) is 16.2. The third-order valence-electron chi connectivity index (χ3n) is 2.28. The zero-order valence-corrected chi connectivity index (χ0v) is 21.0. The molecule has 0 atom stereocenters. The molecule has 7 heteroatoms. The smallest absolute Gasteiger partial charge is 0.663 e. The molecule has 0 saturated heterocycles. The summed E-state index contributed by atoms with van der Waals surface area (Å²) in [5, 5.41) is 12.2. The zero-order chi connectivity index (χ0) is 18.3. The first-order valence-electron chi connectivity index (χ1n) is 8.44. The van der Waals surface area contributed by atoms with Gasteiger partial charge in [-0.2, -0.15) is 51.4 Å². The predicted octanol–water partition coefficient (Wildman–Crippen LogP) is 4.97. The molecule has 1 rings (SSSR count). The molecule has 3 nitrogen and oxygen atoms in total. The standard InChI is InChI=1S/C5H5F2Si.3C4H10N.Hf/c6-8(7)5-3-1-2-4-5;3*1-3-5-4-2;/h1-4,8H;3*3-4H2,1-2H3;/q4*-1;+4. The van der Waals surface area contributed by atoms with Crippen LogP contribution >= 0.6 is 0 Å². The van der Waals surface area contributed by atoms with Crippen molar-refractivity contribution in [2.24, 2.45) is 0 Å². The van der Waals surface area contributed by atoms with Crippen LogP contribution in [0, 0.1) is 0 Å². The SMILES string of the molecule is CC[N-]CC.CC[N-]CC.CC[N-]CC.F[SiH](F)[c-]1cccc1.[Hf+4]. The summed E-state index contributed by atoms with van der Waals surface area (Å²) in [4.78, 5) is 0. The van der Waals surface area contributed by atoms with Crippen molar-refractivity contribution < 1.29 is 34.1 Å². The van der Waals surface area contributed by atoms with E-state index in [-0.39, 0.29) is 31.0 Å². The van der Waals surface area contributed by atoms with Gasteiger partial charge in [0.1, 0.15) is 0 Å². The van der Waals surface area contributed by atoms with Gasteiger partial charge in [0, 0.05) is 0 Å². The van der Waals surface area contributed by atoms with Gasteiger partial charge in [-0.1, -0.05) is 41.5 Å². The van der Waals surface area contributed by atoms with Gasteiger partial charge in [-0.25, -0.2) is 12.1 Å². The van der Waals surface area contributed by atoms with Gasteiger partial charge in [0.05, 0.1) is 0 Å². The monoisotopic (exact) mass is 527 g/mol. The van der Waals surface area contributed by atoms with Crippen LogP contribution in [0.2, 0.25) is 0 Å². The molecule has 0 aliphatic rings. The van der Waals surface area contributed by atoms with E-state index in [1.165, 1.54) is 12.1 Å². The number of rotatable bonds is 7. The molecular weight excluding hydrogens is 491 g/mol. The summed E-state index contributed by atoms with van der Waals surface area (Å²) in [5.41, 5.74) is 0. The van der Waals surface area contributed by atoms with Crippen molar-refractivity contribution in [3.05, 3.63) is 40.2 Å². The Labute approximate surface area is 169 Å². The Morgan fingerprint density at radius 1 is 0.667 bits per heavy atom. The van der Waals surface area contributed by atoms with Crippen molar-refractivity contribution in [3.63, 3.8) is 0 Å². The minimum Gasteiger partial charge on any atom is -0.663 e. The van der Waals surface area contributed by atoms with E-state index in [2.05, 4.69) is 16.0 Å². The van der Waals surface area contributed by atoms with E-state index < -0.39 is 9.46 Å². The van der Waals surface area contributed by atoms with Crippen molar-refractivity contribution >= 4 is 14.7 Å². The first-order valence-corrected chi connectivity index (χ1v) is 9.89. The number of nitrogens with zero attached hydrogens (tertiary/aromatic N) is 3. The summed E-state index contributed by atoms with van der Waals surface area (Å²) in [7, 11) is -3.48. The maximum absolute atomic E-state index is 11.7. The molecule has 0 unspecified atom stereocenters. The van der Waals surface area contributed by atoms with Crippen LogP contribution in [-0.2, 0) is 25.8 Å². The van der Waals surface area contributed by atoms with Gasteiger partial charge in [-0.15, -0.1) is 5.19 Å². The fraction of sp³-hybridized carbons (Fsp3) is 0.706. The fourth-order valence-electron chi connectivity index (χ4n) is 1.21. The molecule has 1 aromatic rings. The van der Waals surface area contributed by atoms with Crippen molar-refractivity contribution in [1.29, 1.82) is 0 Å². The molecular formula is C17H35F2HfN3Si. The molecule has 0 bridgehead atoms. The molecule has 0 spiro atoms. The van der Waals surface area contributed by atoms with Crippen molar-refractivity contribution in [1.82, 2.24) is 0 Å². The van der Waals surface area contributed by atoms with Crippen molar-refractivity contribution in [3.8, 4) is 0 Å². The third-order valence-corrected chi connectivity index (χ3v) is 3.17. The van der Waals surface area contributed by atoms with Gasteiger partial charge in [0.15, 0.2) is 0 Å². The maximum atomic E-state index is 11.7. The third kappa shape index (κ3) is 33.7. The second-order valence-electron chi connectivity index (χ2n) is 4.09. The molecule has 0 saturated carbocycles. The van der Waals surface area contributed by atoms with E-state index in [0.29, 0.717) is 0 Å². The van der Waals surface area contributed by atoms with Gasteiger partial charge in [0.2, 0.25) is 0 Å². The van der Waals surface area contributed by atoms with E-state index in [9.17, 15) is 8.22 Å². The van der Waals surface area contributed by atoms with Crippen LogP contribution in [0.3, 0.4) is 0 Å². The average Bonchev–Trinajstić information content (AvgIpc) is 3.06. The number of hydrogen-bond acceptors (Lipinski definition) is 0. The van der Waals surface area contributed by atoms with Crippen LogP contribution in [0.5, 0.6) is 0 Å². The van der Waals surface area contributed by atoms with E-state index in [1.54, 1.807) is 12.1 Å². The molecule has 140 valence electrons. The van der Waals surface area contributed by atoms with Crippen molar-refractivity contribution in [2.75, 3.05) is 39.3 Å². The van der Waals surface area contributed by atoms with Crippen LogP contribution in [-0.4, -0.2) is 48.7 Å². The quantitative estimate of drug-likeness (QED) is 0.274. The van der Waals surface area contributed by atoms with Gasteiger partial charge in [-0.05, 0) is 0 Å². The van der Waals surface area contributed by atoms with Gasteiger partial charge < -0.3 is 16.0 Å². The molecule has 0 heterocycles. The Morgan fingerprint density at radius 2 is 0.917 bits per heavy atom. The minimum absolute atomic E-state index is 0. The van der Waals surface area contributed by atoms with Crippen LogP contribution in [0.15, 0.2) is 24.3 Å².